The summed E-state index contributed by atoms with van der Waals surface area (Å²) in [6, 6.07) is 8.41. The summed E-state index contributed by atoms with van der Waals surface area (Å²) in [6.45, 7) is 0. The molecule has 0 radical (unpaired) electrons. The SMILES string of the molecule is Cn1c(-c2cccnc2)nc2cc([N+](=O)[O-])ccc21. The van der Waals surface area contributed by atoms with Crippen molar-refractivity contribution in [1.82, 2.24) is 14.5 Å². The third-order valence-electron chi connectivity index (χ3n) is 2.99. The van der Waals surface area contributed by atoms with Crippen molar-refractivity contribution < 1.29 is 4.92 Å². The Kier molecular flexibility index (Phi) is 2.49. The van der Waals surface area contributed by atoms with E-state index in [9.17, 15) is 10.1 Å². The summed E-state index contributed by atoms with van der Waals surface area (Å²) in [7, 11) is 1.88. The summed E-state index contributed by atoms with van der Waals surface area (Å²) in [5, 5.41) is 10.8. The number of fused-ring (bicyclic) bond motifs is 1. The number of nitro benzene ring substituents is 1. The minimum absolute atomic E-state index is 0.0448. The van der Waals surface area contributed by atoms with Gasteiger partial charge in [-0.25, -0.2) is 4.98 Å². The van der Waals surface area contributed by atoms with E-state index in [1.54, 1.807) is 18.5 Å². The molecule has 19 heavy (non-hydrogen) atoms. The molecule has 6 nitrogen and oxygen atoms in total. The molecule has 2 aromatic heterocycles. The monoisotopic (exact) mass is 254 g/mol. The van der Waals surface area contributed by atoms with E-state index in [1.165, 1.54) is 12.1 Å². The Morgan fingerprint density at radius 2 is 2.16 bits per heavy atom. The highest BCUT2D eigenvalue weighted by atomic mass is 16.6. The first-order valence-corrected chi connectivity index (χ1v) is 5.68. The predicted octanol–water partition coefficient (Wildman–Crippen LogP) is 2.54. The second-order valence-electron chi connectivity index (χ2n) is 4.17. The molecule has 0 aliphatic heterocycles. The van der Waals surface area contributed by atoms with E-state index in [4.69, 9.17) is 0 Å². The van der Waals surface area contributed by atoms with Gasteiger partial charge in [0.25, 0.3) is 5.69 Å². The fourth-order valence-corrected chi connectivity index (χ4v) is 2.05. The molecule has 1 aromatic carbocycles. The number of imidazole rings is 1. The van der Waals surface area contributed by atoms with Crippen LogP contribution in [-0.2, 0) is 7.05 Å². The van der Waals surface area contributed by atoms with Crippen LogP contribution in [0.25, 0.3) is 22.4 Å². The van der Waals surface area contributed by atoms with Crippen molar-refractivity contribution in [2.75, 3.05) is 0 Å². The van der Waals surface area contributed by atoms with Crippen LogP contribution >= 0.6 is 0 Å². The average Bonchev–Trinajstić information content (AvgIpc) is 2.76. The lowest BCUT2D eigenvalue weighted by Crippen LogP contribution is -1.92. The molecule has 6 heteroatoms. The number of non-ortho nitro benzene ring substituents is 1. The van der Waals surface area contributed by atoms with Gasteiger partial charge in [0.2, 0.25) is 0 Å². The number of aryl methyl sites for hydroxylation is 1. The van der Waals surface area contributed by atoms with Crippen molar-refractivity contribution in [3.8, 4) is 11.4 Å². The zero-order valence-electron chi connectivity index (χ0n) is 10.1. The van der Waals surface area contributed by atoms with Gasteiger partial charge in [-0.05, 0) is 18.2 Å². The molecule has 0 unspecified atom stereocenters. The number of rotatable bonds is 2. The molecule has 0 spiro atoms. The molecule has 0 atom stereocenters. The maximum Gasteiger partial charge on any atom is 0.271 e. The van der Waals surface area contributed by atoms with Crippen LogP contribution in [0.5, 0.6) is 0 Å². The molecular weight excluding hydrogens is 244 g/mol. The molecule has 3 rings (SSSR count). The van der Waals surface area contributed by atoms with Gasteiger partial charge in [0.15, 0.2) is 0 Å². The van der Waals surface area contributed by atoms with E-state index in [0.29, 0.717) is 5.52 Å². The van der Waals surface area contributed by atoms with Crippen molar-refractivity contribution in [2.24, 2.45) is 7.05 Å². The van der Waals surface area contributed by atoms with E-state index >= 15 is 0 Å². The van der Waals surface area contributed by atoms with Crippen LogP contribution in [0.15, 0.2) is 42.7 Å². The summed E-state index contributed by atoms with van der Waals surface area (Å²) >= 11 is 0. The Hall–Kier alpha value is -2.76. The van der Waals surface area contributed by atoms with E-state index in [1.807, 2.05) is 23.7 Å². The maximum atomic E-state index is 10.8. The third-order valence-corrected chi connectivity index (χ3v) is 2.99. The summed E-state index contributed by atoms with van der Waals surface area (Å²) < 4.78 is 1.90. The molecule has 0 N–H and O–H groups in total. The maximum absolute atomic E-state index is 10.8. The van der Waals surface area contributed by atoms with Crippen LogP contribution in [0.1, 0.15) is 0 Å². The van der Waals surface area contributed by atoms with Gasteiger partial charge >= 0.3 is 0 Å². The first kappa shape index (κ1) is 11.3. The molecule has 3 aromatic rings. The molecule has 0 aliphatic rings. The van der Waals surface area contributed by atoms with Crippen molar-refractivity contribution in [1.29, 1.82) is 0 Å². The molecule has 94 valence electrons. The summed E-state index contributed by atoms with van der Waals surface area (Å²) in [5.74, 6) is 0.739. The summed E-state index contributed by atoms with van der Waals surface area (Å²) in [6.07, 6.45) is 3.41. The third kappa shape index (κ3) is 1.83. The van der Waals surface area contributed by atoms with Crippen LogP contribution in [0.4, 0.5) is 5.69 Å². The lowest BCUT2D eigenvalue weighted by atomic mass is 10.3. The highest BCUT2D eigenvalue weighted by molar-refractivity contribution is 5.82. The summed E-state index contributed by atoms with van der Waals surface area (Å²) in [4.78, 5) is 18.8. The Morgan fingerprint density at radius 3 is 2.84 bits per heavy atom. The minimum atomic E-state index is -0.419. The Bertz CT molecular complexity index is 765. The van der Waals surface area contributed by atoms with Gasteiger partial charge in [-0.1, -0.05) is 0 Å². The van der Waals surface area contributed by atoms with Gasteiger partial charge in [0.05, 0.1) is 16.0 Å². The smallest absolute Gasteiger partial charge is 0.271 e. The van der Waals surface area contributed by atoms with Crippen LogP contribution in [0.3, 0.4) is 0 Å². The lowest BCUT2D eigenvalue weighted by Gasteiger charge is -2.00. The Labute approximate surface area is 108 Å². The molecule has 0 aliphatic carbocycles. The molecule has 0 saturated carbocycles. The number of benzene rings is 1. The molecule has 0 saturated heterocycles. The number of nitrogens with zero attached hydrogens (tertiary/aromatic N) is 4. The van der Waals surface area contributed by atoms with E-state index in [0.717, 1.165) is 16.9 Å². The van der Waals surface area contributed by atoms with Crippen LogP contribution in [0.2, 0.25) is 0 Å². The van der Waals surface area contributed by atoms with Gasteiger partial charge in [-0.15, -0.1) is 0 Å². The number of hydrogen-bond donors (Lipinski definition) is 0. The van der Waals surface area contributed by atoms with Crippen molar-refractivity contribution in [3.05, 3.63) is 52.8 Å². The topological polar surface area (TPSA) is 73.8 Å². The normalized spacial score (nSPS) is 10.8. The van der Waals surface area contributed by atoms with Gasteiger partial charge in [-0.2, -0.15) is 0 Å². The number of hydrogen-bond acceptors (Lipinski definition) is 4. The molecule has 0 amide bonds. The average molecular weight is 254 g/mol. The van der Waals surface area contributed by atoms with Crippen molar-refractivity contribution in [3.63, 3.8) is 0 Å². The first-order chi connectivity index (χ1) is 9.16. The predicted molar refractivity (Wildman–Crippen MR) is 70.6 cm³/mol. The zero-order chi connectivity index (χ0) is 13.4. The van der Waals surface area contributed by atoms with Crippen LogP contribution < -0.4 is 0 Å². The van der Waals surface area contributed by atoms with Crippen molar-refractivity contribution >= 4 is 16.7 Å². The molecule has 2 heterocycles. The van der Waals surface area contributed by atoms with E-state index in [-0.39, 0.29) is 5.69 Å². The zero-order valence-corrected chi connectivity index (χ0v) is 10.1. The highest BCUT2D eigenvalue weighted by Gasteiger charge is 2.13. The van der Waals surface area contributed by atoms with Gasteiger partial charge < -0.3 is 4.57 Å². The van der Waals surface area contributed by atoms with Gasteiger partial charge in [0, 0.05) is 37.1 Å². The second-order valence-corrected chi connectivity index (χ2v) is 4.17. The minimum Gasteiger partial charge on any atom is -0.327 e. The largest absolute Gasteiger partial charge is 0.327 e. The first-order valence-electron chi connectivity index (χ1n) is 5.68. The van der Waals surface area contributed by atoms with Crippen LogP contribution in [0, 0.1) is 10.1 Å². The quantitative estimate of drug-likeness (QED) is 0.520. The molecule has 0 bridgehead atoms. The summed E-state index contributed by atoms with van der Waals surface area (Å²) in [5.41, 5.74) is 2.38. The second kappa shape index (κ2) is 4.16. The lowest BCUT2D eigenvalue weighted by molar-refractivity contribution is -0.384. The Balaban J connectivity index is 2.23. The Morgan fingerprint density at radius 1 is 1.32 bits per heavy atom. The van der Waals surface area contributed by atoms with Crippen molar-refractivity contribution in [2.45, 2.75) is 0 Å². The fraction of sp³-hybridized carbons (Fsp3) is 0.0769. The standard InChI is InChI=1S/C13H10N4O2/c1-16-12-5-4-10(17(18)19)7-11(12)15-13(16)9-3-2-6-14-8-9/h2-8H,1H3. The van der Waals surface area contributed by atoms with E-state index < -0.39 is 4.92 Å². The van der Waals surface area contributed by atoms with E-state index in [2.05, 4.69) is 9.97 Å². The number of aromatic nitrogens is 3. The van der Waals surface area contributed by atoms with Crippen LogP contribution in [-0.4, -0.2) is 19.5 Å². The number of nitro groups is 1. The van der Waals surface area contributed by atoms with Gasteiger partial charge in [0.1, 0.15) is 5.82 Å². The number of pyridine rings is 1. The fourth-order valence-electron chi connectivity index (χ4n) is 2.05. The molecule has 0 fully saturated rings. The molecular formula is C13H10N4O2. The highest BCUT2D eigenvalue weighted by Crippen LogP contribution is 2.25. The van der Waals surface area contributed by atoms with Gasteiger partial charge in [-0.3, -0.25) is 15.1 Å².